The van der Waals surface area contributed by atoms with Crippen LogP contribution in [0.4, 0.5) is 0 Å². The second-order valence-electron chi connectivity index (χ2n) is 10.6. The van der Waals surface area contributed by atoms with Crippen molar-refractivity contribution in [3.8, 4) is 0 Å². The number of ether oxygens (including phenoxy) is 3. The molecule has 7 nitrogen and oxygen atoms in total. The number of nitrogens with zero attached hydrogens (tertiary/aromatic N) is 3. The summed E-state index contributed by atoms with van der Waals surface area (Å²) in [6.07, 6.45) is 9.67. The highest BCUT2D eigenvalue weighted by atomic mass is 32.2. The Morgan fingerprint density at radius 1 is 0.636 bits per heavy atom. The first-order valence-corrected chi connectivity index (χ1v) is 16.9. The molecular weight excluding hydrogens is 570 g/mol. The second kappa shape index (κ2) is 22.3. The molecule has 0 saturated carbocycles. The monoisotopic (exact) mass is 617 g/mol. The van der Waals surface area contributed by atoms with E-state index in [1.807, 2.05) is 11.8 Å². The summed E-state index contributed by atoms with van der Waals surface area (Å²) in [6.45, 7) is 2.15. The molecule has 8 heteroatoms. The average molecular weight is 618 g/mol. The van der Waals surface area contributed by atoms with E-state index in [-0.39, 0.29) is 17.3 Å². The van der Waals surface area contributed by atoms with Gasteiger partial charge in [-0.3, -0.25) is 4.79 Å². The largest absolute Gasteiger partial charge is 0.463 e. The van der Waals surface area contributed by atoms with Gasteiger partial charge in [0, 0.05) is 17.9 Å². The molecule has 0 aliphatic carbocycles. The van der Waals surface area contributed by atoms with Crippen LogP contribution in [0.25, 0.3) is 10.4 Å². The maximum absolute atomic E-state index is 11.9. The van der Waals surface area contributed by atoms with E-state index in [2.05, 4.69) is 101 Å². The van der Waals surface area contributed by atoms with Gasteiger partial charge in [-0.15, -0.1) is 11.8 Å². The van der Waals surface area contributed by atoms with E-state index in [0.717, 1.165) is 25.0 Å². The van der Waals surface area contributed by atoms with E-state index in [1.165, 1.54) is 48.8 Å². The van der Waals surface area contributed by atoms with E-state index < -0.39 is 0 Å². The number of carbonyl (C=O) groups excluding carboxylic acids is 1. The van der Waals surface area contributed by atoms with E-state index in [4.69, 9.17) is 19.7 Å². The van der Waals surface area contributed by atoms with Crippen LogP contribution in [0.5, 0.6) is 0 Å². The number of rotatable bonds is 24. The topological polar surface area (TPSA) is 93.5 Å². The second-order valence-corrected chi connectivity index (χ2v) is 11.9. The highest BCUT2D eigenvalue weighted by molar-refractivity contribution is 8.00. The van der Waals surface area contributed by atoms with Crippen molar-refractivity contribution in [3.05, 3.63) is 118 Å². The van der Waals surface area contributed by atoms with Gasteiger partial charge in [0.1, 0.15) is 6.61 Å². The average Bonchev–Trinajstić information content (AvgIpc) is 3.07. The third-order valence-corrected chi connectivity index (χ3v) is 9.03. The Morgan fingerprint density at radius 3 is 1.61 bits per heavy atom. The Balaban J connectivity index is 1.26. The fraction of sp³-hybridized carbons (Fsp3) is 0.472. The molecule has 3 aromatic rings. The Bertz CT molecular complexity index is 1110. The normalized spacial score (nSPS) is 11.2. The van der Waals surface area contributed by atoms with Crippen LogP contribution in [0, 0.1) is 0 Å². The first kappa shape index (κ1) is 35.2. The van der Waals surface area contributed by atoms with Crippen molar-refractivity contribution in [2.75, 3.05) is 45.3 Å². The van der Waals surface area contributed by atoms with Crippen LogP contribution in [0.15, 0.2) is 96.1 Å². The molecule has 0 saturated heterocycles. The van der Waals surface area contributed by atoms with E-state index in [9.17, 15) is 4.79 Å². The van der Waals surface area contributed by atoms with Crippen LogP contribution < -0.4 is 0 Å². The lowest BCUT2D eigenvalue weighted by molar-refractivity contribution is -0.145. The molecule has 0 N–H and O–H groups in total. The van der Waals surface area contributed by atoms with E-state index >= 15 is 0 Å². The number of azide groups is 1. The number of carbonyl (C=O) groups is 1. The molecule has 0 aromatic heterocycles. The van der Waals surface area contributed by atoms with Crippen LogP contribution >= 0.6 is 11.8 Å². The van der Waals surface area contributed by atoms with Crippen LogP contribution in [0.3, 0.4) is 0 Å². The van der Waals surface area contributed by atoms with E-state index in [1.54, 1.807) is 0 Å². The fourth-order valence-corrected chi connectivity index (χ4v) is 6.75. The molecule has 3 aromatic carbocycles. The lowest BCUT2D eigenvalue weighted by Crippen LogP contribution is -2.26. The molecule has 0 amide bonds. The van der Waals surface area contributed by atoms with E-state index in [0.29, 0.717) is 39.4 Å². The number of benzene rings is 3. The smallest absolute Gasteiger partial charge is 0.305 e. The van der Waals surface area contributed by atoms with Crippen LogP contribution in [0.1, 0.15) is 74.5 Å². The summed E-state index contributed by atoms with van der Waals surface area (Å²) in [5.74, 6) is 0.938. The Labute approximate surface area is 267 Å². The Hall–Kier alpha value is -3.29. The molecule has 44 heavy (non-hydrogen) atoms. The van der Waals surface area contributed by atoms with Crippen molar-refractivity contribution >= 4 is 17.7 Å². The highest BCUT2D eigenvalue weighted by Gasteiger charge is 2.36. The molecule has 236 valence electrons. The van der Waals surface area contributed by atoms with Crippen LogP contribution in [-0.2, 0) is 23.8 Å². The van der Waals surface area contributed by atoms with Gasteiger partial charge in [-0.1, -0.05) is 135 Å². The zero-order valence-electron chi connectivity index (χ0n) is 25.9. The first-order valence-electron chi connectivity index (χ1n) is 15.9. The molecule has 0 radical (unpaired) electrons. The third-order valence-electron chi connectivity index (χ3n) is 7.40. The zero-order valence-corrected chi connectivity index (χ0v) is 26.7. The fourth-order valence-electron chi connectivity index (χ4n) is 5.18. The SMILES string of the molecule is [N-]=[N+]=NCCOCCOCCOC(=O)CCCCCCCCCCSC(c1ccccc1)(c1ccccc1)c1ccccc1. The van der Waals surface area contributed by atoms with Gasteiger partial charge >= 0.3 is 5.97 Å². The van der Waals surface area contributed by atoms with Crippen molar-refractivity contribution in [1.29, 1.82) is 0 Å². The molecular formula is C36H47N3O4S. The molecule has 0 fully saturated rings. The summed E-state index contributed by atoms with van der Waals surface area (Å²) < 4.78 is 15.6. The molecule has 0 spiro atoms. The molecule has 0 aliphatic rings. The number of esters is 1. The summed E-state index contributed by atoms with van der Waals surface area (Å²) in [4.78, 5) is 14.6. The van der Waals surface area contributed by atoms with Gasteiger partial charge in [0.05, 0.1) is 31.2 Å². The first-order chi connectivity index (χ1) is 21.8. The molecule has 0 aliphatic heterocycles. The maximum Gasteiger partial charge on any atom is 0.305 e. The number of hydrogen-bond donors (Lipinski definition) is 0. The summed E-state index contributed by atoms with van der Waals surface area (Å²) >= 11 is 2.05. The minimum atomic E-state index is -0.234. The molecule has 0 unspecified atom stereocenters. The zero-order chi connectivity index (χ0) is 31.0. The molecule has 0 atom stereocenters. The van der Waals surface area contributed by atoms with Gasteiger partial charge in [0.2, 0.25) is 0 Å². The predicted octanol–water partition coefficient (Wildman–Crippen LogP) is 9.11. The van der Waals surface area contributed by atoms with Crippen molar-refractivity contribution in [2.24, 2.45) is 5.11 Å². The van der Waals surface area contributed by atoms with Crippen LogP contribution in [0.2, 0.25) is 0 Å². The summed E-state index contributed by atoms with van der Waals surface area (Å²) in [5, 5.41) is 3.38. The lowest BCUT2D eigenvalue weighted by Gasteiger charge is -2.35. The number of thioether (sulfide) groups is 1. The maximum atomic E-state index is 11.9. The van der Waals surface area contributed by atoms with Gasteiger partial charge in [-0.05, 0) is 40.8 Å². The minimum Gasteiger partial charge on any atom is -0.463 e. The number of hydrogen-bond acceptors (Lipinski definition) is 6. The summed E-state index contributed by atoms with van der Waals surface area (Å²) in [5.41, 5.74) is 12.1. The highest BCUT2D eigenvalue weighted by Crippen LogP contribution is 2.48. The van der Waals surface area contributed by atoms with Gasteiger partial charge in [-0.25, -0.2) is 0 Å². The van der Waals surface area contributed by atoms with Crippen molar-refractivity contribution in [2.45, 2.75) is 62.5 Å². The van der Waals surface area contributed by atoms with Crippen molar-refractivity contribution < 1.29 is 19.0 Å². The van der Waals surface area contributed by atoms with Crippen molar-refractivity contribution in [3.63, 3.8) is 0 Å². The Morgan fingerprint density at radius 2 is 1.09 bits per heavy atom. The quantitative estimate of drug-likeness (QED) is 0.0250. The van der Waals surface area contributed by atoms with Crippen LogP contribution in [-0.4, -0.2) is 51.3 Å². The third kappa shape index (κ3) is 12.7. The van der Waals surface area contributed by atoms with Crippen molar-refractivity contribution in [1.82, 2.24) is 0 Å². The summed E-state index contributed by atoms with van der Waals surface area (Å²) in [6, 6.07) is 32.7. The van der Waals surface area contributed by atoms with Gasteiger partial charge in [0.25, 0.3) is 0 Å². The van der Waals surface area contributed by atoms with Gasteiger partial charge < -0.3 is 14.2 Å². The number of unbranched alkanes of at least 4 members (excludes halogenated alkanes) is 7. The lowest BCUT2D eigenvalue weighted by atomic mass is 9.84. The van der Waals surface area contributed by atoms with Gasteiger partial charge in [0.15, 0.2) is 0 Å². The van der Waals surface area contributed by atoms with Gasteiger partial charge in [-0.2, -0.15) is 0 Å². The molecule has 3 rings (SSSR count). The standard InChI is InChI=1S/C36H47N3O4S/c37-39-38-25-26-41-27-28-42-29-30-43-35(40)24-16-5-3-1-2-4-6-17-31-44-36(32-18-10-7-11-19-32,33-20-12-8-13-21-33)34-22-14-9-15-23-34/h7-15,18-23H,1-6,16-17,24-31H2. The molecule has 0 bridgehead atoms. The summed E-state index contributed by atoms with van der Waals surface area (Å²) in [7, 11) is 0. The molecule has 0 heterocycles. The minimum absolute atomic E-state index is 0.158. The Kier molecular flexibility index (Phi) is 17.8. The predicted molar refractivity (Wildman–Crippen MR) is 180 cm³/mol.